The molecule has 3 aromatic carbocycles. The zero-order valence-corrected chi connectivity index (χ0v) is 13.3. The number of alkyl halides is 3. The highest BCUT2D eigenvalue weighted by Gasteiger charge is 2.33. The van der Waals surface area contributed by atoms with Crippen LogP contribution < -0.4 is 10.5 Å². The van der Waals surface area contributed by atoms with Gasteiger partial charge in [-0.15, -0.1) is 0 Å². The van der Waals surface area contributed by atoms with E-state index in [1.54, 1.807) is 12.1 Å². The van der Waals surface area contributed by atoms with Crippen molar-refractivity contribution in [2.75, 3.05) is 5.73 Å². The van der Waals surface area contributed by atoms with Crippen LogP contribution in [0.2, 0.25) is 0 Å². The molecule has 0 unspecified atom stereocenters. The summed E-state index contributed by atoms with van der Waals surface area (Å²) in [4.78, 5) is 0. The van der Waals surface area contributed by atoms with Crippen molar-refractivity contribution in [2.24, 2.45) is 0 Å². The second-order valence-corrected chi connectivity index (χ2v) is 5.62. The first-order chi connectivity index (χ1) is 11.9. The summed E-state index contributed by atoms with van der Waals surface area (Å²) in [5, 5.41) is 0. The molecule has 0 saturated heterocycles. The number of rotatable bonds is 4. The first-order valence-corrected chi connectivity index (χ1v) is 7.70. The van der Waals surface area contributed by atoms with E-state index in [1.807, 2.05) is 42.5 Å². The summed E-state index contributed by atoms with van der Waals surface area (Å²) in [5.41, 5.74) is 6.18. The van der Waals surface area contributed by atoms with Crippen LogP contribution in [0.1, 0.15) is 16.7 Å². The molecule has 0 saturated carbocycles. The van der Waals surface area contributed by atoms with Crippen molar-refractivity contribution in [3.63, 3.8) is 0 Å². The van der Waals surface area contributed by atoms with Gasteiger partial charge in [0.2, 0.25) is 0 Å². The summed E-state index contributed by atoms with van der Waals surface area (Å²) in [6.07, 6.45) is -3.90. The van der Waals surface area contributed by atoms with Crippen LogP contribution in [0.4, 0.5) is 18.9 Å². The smallest absolute Gasteiger partial charge is 0.418 e. The molecule has 0 aliphatic heterocycles. The Hall–Kier alpha value is -2.95. The standard InChI is InChI=1S/C20H16F3NO/c21-20(22,23)17-13-16(10-11-18(17)24)25-19-9-5-4-8-15(19)12-14-6-2-1-3-7-14/h1-11,13H,12,24H2. The summed E-state index contributed by atoms with van der Waals surface area (Å²) in [6, 6.07) is 20.6. The predicted octanol–water partition coefficient (Wildman–Crippen LogP) is 5.67. The van der Waals surface area contributed by atoms with Gasteiger partial charge in [-0.1, -0.05) is 48.5 Å². The molecule has 25 heavy (non-hydrogen) atoms. The van der Waals surface area contributed by atoms with E-state index in [1.165, 1.54) is 12.1 Å². The second kappa shape index (κ2) is 6.89. The number of ether oxygens (including phenoxy) is 1. The molecule has 0 radical (unpaired) electrons. The van der Waals surface area contributed by atoms with Gasteiger partial charge in [0.05, 0.1) is 5.56 Å². The second-order valence-electron chi connectivity index (χ2n) is 5.62. The normalized spacial score (nSPS) is 11.3. The molecule has 0 aliphatic rings. The third kappa shape index (κ3) is 4.12. The maximum absolute atomic E-state index is 13.0. The van der Waals surface area contributed by atoms with E-state index in [0.29, 0.717) is 12.2 Å². The lowest BCUT2D eigenvalue weighted by Crippen LogP contribution is -2.09. The van der Waals surface area contributed by atoms with Gasteiger partial charge in [0, 0.05) is 12.1 Å². The van der Waals surface area contributed by atoms with Gasteiger partial charge in [0.25, 0.3) is 0 Å². The molecule has 0 bridgehead atoms. The van der Waals surface area contributed by atoms with E-state index in [-0.39, 0.29) is 11.4 Å². The number of hydrogen-bond donors (Lipinski definition) is 1. The number of hydrogen-bond acceptors (Lipinski definition) is 2. The molecular formula is C20H16F3NO. The van der Waals surface area contributed by atoms with Gasteiger partial charge in [0.15, 0.2) is 0 Å². The molecular weight excluding hydrogens is 327 g/mol. The Kier molecular flexibility index (Phi) is 4.65. The lowest BCUT2D eigenvalue weighted by molar-refractivity contribution is -0.137. The summed E-state index contributed by atoms with van der Waals surface area (Å²) in [5.74, 6) is 0.617. The Labute approximate surface area is 143 Å². The van der Waals surface area contributed by atoms with Gasteiger partial charge in [-0.05, 0) is 35.4 Å². The molecule has 2 nitrogen and oxygen atoms in total. The highest BCUT2D eigenvalue weighted by molar-refractivity contribution is 5.53. The van der Waals surface area contributed by atoms with Crippen molar-refractivity contribution >= 4 is 5.69 Å². The van der Waals surface area contributed by atoms with Gasteiger partial charge >= 0.3 is 6.18 Å². The fourth-order valence-corrected chi connectivity index (χ4v) is 2.54. The van der Waals surface area contributed by atoms with Gasteiger partial charge in [-0.25, -0.2) is 0 Å². The highest BCUT2D eigenvalue weighted by atomic mass is 19.4. The molecule has 0 amide bonds. The minimum Gasteiger partial charge on any atom is -0.457 e. The Balaban J connectivity index is 1.89. The first-order valence-electron chi connectivity index (χ1n) is 7.70. The van der Waals surface area contributed by atoms with Crippen molar-refractivity contribution < 1.29 is 17.9 Å². The van der Waals surface area contributed by atoms with Crippen LogP contribution >= 0.6 is 0 Å². The number of para-hydroxylation sites is 1. The minimum atomic E-state index is -4.52. The number of nitrogens with two attached hydrogens (primary N) is 1. The highest BCUT2D eigenvalue weighted by Crippen LogP contribution is 2.37. The van der Waals surface area contributed by atoms with Gasteiger partial charge in [0.1, 0.15) is 11.5 Å². The summed E-state index contributed by atoms with van der Waals surface area (Å²) in [6.45, 7) is 0. The van der Waals surface area contributed by atoms with Gasteiger partial charge < -0.3 is 10.5 Å². The van der Waals surface area contributed by atoms with Crippen molar-refractivity contribution in [2.45, 2.75) is 12.6 Å². The number of halogens is 3. The van der Waals surface area contributed by atoms with Crippen molar-refractivity contribution in [3.05, 3.63) is 89.5 Å². The van der Waals surface area contributed by atoms with Crippen molar-refractivity contribution in [1.29, 1.82) is 0 Å². The van der Waals surface area contributed by atoms with E-state index in [0.717, 1.165) is 17.2 Å². The van der Waals surface area contributed by atoms with E-state index in [2.05, 4.69) is 0 Å². The molecule has 0 atom stereocenters. The lowest BCUT2D eigenvalue weighted by Gasteiger charge is -2.14. The molecule has 0 aromatic heterocycles. The average Bonchev–Trinajstić information content (AvgIpc) is 2.58. The summed E-state index contributed by atoms with van der Waals surface area (Å²) in [7, 11) is 0. The van der Waals surface area contributed by atoms with E-state index in [4.69, 9.17) is 10.5 Å². The summed E-state index contributed by atoms with van der Waals surface area (Å²) >= 11 is 0. The van der Waals surface area contributed by atoms with E-state index in [9.17, 15) is 13.2 Å². The number of benzene rings is 3. The third-order valence-corrected chi connectivity index (χ3v) is 3.77. The molecule has 0 spiro atoms. The molecule has 3 rings (SSSR count). The Morgan fingerprint density at radius 3 is 2.24 bits per heavy atom. The Morgan fingerprint density at radius 2 is 1.52 bits per heavy atom. The number of anilines is 1. The summed E-state index contributed by atoms with van der Waals surface area (Å²) < 4.78 is 44.7. The van der Waals surface area contributed by atoms with Crippen LogP contribution in [0.25, 0.3) is 0 Å². The fraction of sp³-hybridized carbons (Fsp3) is 0.100. The molecule has 0 aliphatic carbocycles. The van der Waals surface area contributed by atoms with Crippen LogP contribution in [-0.4, -0.2) is 0 Å². The lowest BCUT2D eigenvalue weighted by atomic mass is 10.0. The zero-order valence-electron chi connectivity index (χ0n) is 13.3. The van der Waals surface area contributed by atoms with Crippen LogP contribution in [0.3, 0.4) is 0 Å². The SMILES string of the molecule is Nc1ccc(Oc2ccccc2Cc2ccccc2)cc1C(F)(F)F. The Bertz CT molecular complexity index is 860. The fourth-order valence-electron chi connectivity index (χ4n) is 2.54. The minimum absolute atomic E-state index is 0.0991. The molecule has 5 heteroatoms. The van der Waals surface area contributed by atoms with Crippen molar-refractivity contribution in [1.82, 2.24) is 0 Å². The van der Waals surface area contributed by atoms with Gasteiger partial charge in [-0.2, -0.15) is 13.2 Å². The first kappa shape index (κ1) is 16.9. The molecule has 2 N–H and O–H groups in total. The quantitative estimate of drug-likeness (QED) is 0.619. The molecule has 0 heterocycles. The van der Waals surface area contributed by atoms with Crippen LogP contribution in [0.15, 0.2) is 72.8 Å². The Morgan fingerprint density at radius 1 is 0.840 bits per heavy atom. The average molecular weight is 343 g/mol. The largest absolute Gasteiger partial charge is 0.457 e. The van der Waals surface area contributed by atoms with Crippen LogP contribution in [-0.2, 0) is 12.6 Å². The van der Waals surface area contributed by atoms with Gasteiger partial charge in [-0.3, -0.25) is 0 Å². The maximum Gasteiger partial charge on any atom is 0.418 e. The molecule has 3 aromatic rings. The van der Waals surface area contributed by atoms with E-state index < -0.39 is 11.7 Å². The number of nitrogen functional groups attached to an aromatic ring is 1. The topological polar surface area (TPSA) is 35.2 Å². The monoisotopic (exact) mass is 343 g/mol. The van der Waals surface area contributed by atoms with Crippen LogP contribution in [0, 0.1) is 0 Å². The van der Waals surface area contributed by atoms with E-state index >= 15 is 0 Å². The maximum atomic E-state index is 13.0. The molecule has 0 fully saturated rings. The molecule has 128 valence electrons. The third-order valence-electron chi connectivity index (χ3n) is 3.77. The zero-order chi connectivity index (χ0) is 17.9. The van der Waals surface area contributed by atoms with Crippen molar-refractivity contribution in [3.8, 4) is 11.5 Å². The van der Waals surface area contributed by atoms with Crippen LogP contribution in [0.5, 0.6) is 11.5 Å². The predicted molar refractivity (Wildman–Crippen MR) is 91.6 cm³/mol.